The molecule has 0 aliphatic carbocycles. The number of carbonyl (C=O) groups is 1. The molecule has 0 aromatic heterocycles. The Balaban J connectivity index is 1.98. The Bertz CT molecular complexity index is 676. The van der Waals surface area contributed by atoms with Gasteiger partial charge in [-0.3, -0.25) is 4.79 Å². The number of allylic oxidation sites excluding steroid dienone is 2. The van der Waals surface area contributed by atoms with Crippen molar-refractivity contribution in [1.29, 1.82) is 0 Å². The van der Waals surface area contributed by atoms with Crippen molar-refractivity contribution in [3.05, 3.63) is 70.3 Å². The fraction of sp³-hybridized carbons (Fsp3) is 0.211. The van der Waals surface area contributed by atoms with Gasteiger partial charge in [0.05, 0.1) is 6.61 Å². The topological polar surface area (TPSA) is 38.3 Å². The highest BCUT2D eigenvalue weighted by atomic mass is 79.9. The highest BCUT2D eigenvalue weighted by Gasteiger charge is 2.03. The van der Waals surface area contributed by atoms with Crippen LogP contribution in [0.25, 0.3) is 0 Å². The Kier molecular flexibility index (Phi) is 6.41. The predicted molar refractivity (Wildman–Crippen MR) is 98.1 cm³/mol. The largest absolute Gasteiger partial charge is 0.494 e. The summed E-state index contributed by atoms with van der Waals surface area (Å²) in [6.07, 6.45) is 2.59. The molecule has 120 valence electrons. The Morgan fingerprint density at radius 3 is 2.39 bits per heavy atom. The molecule has 0 radical (unpaired) electrons. The quantitative estimate of drug-likeness (QED) is 0.518. The van der Waals surface area contributed by atoms with Crippen LogP contribution in [0.2, 0.25) is 0 Å². The van der Waals surface area contributed by atoms with Crippen LogP contribution in [0.1, 0.15) is 30.6 Å². The molecule has 0 aliphatic rings. The lowest BCUT2D eigenvalue weighted by atomic mass is 10.1. The summed E-state index contributed by atoms with van der Waals surface area (Å²) in [5.41, 5.74) is 2.38. The second kappa shape index (κ2) is 8.53. The molecule has 0 aliphatic heterocycles. The first-order chi connectivity index (χ1) is 11.1. The van der Waals surface area contributed by atoms with Gasteiger partial charge in [-0.2, -0.15) is 0 Å². The molecule has 3 nitrogen and oxygen atoms in total. The van der Waals surface area contributed by atoms with Gasteiger partial charge in [0.1, 0.15) is 5.75 Å². The van der Waals surface area contributed by atoms with E-state index in [4.69, 9.17) is 4.74 Å². The van der Waals surface area contributed by atoms with E-state index < -0.39 is 0 Å². The molecular formula is C19H20BrNO2. The zero-order chi connectivity index (χ0) is 16.7. The van der Waals surface area contributed by atoms with Crippen LogP contribution in [0.5, 0.6) is 5.75 Å². The molecule has 0 saturated heterocycles. The van der Waals surface area contributed by atoms with E-state index in [0.29, 0.717) is 12.2 Å². The average molecular weight is 374 g/mol. The number of nitrogens with one attached hydrogen (secondary N) is 1. The summed E-state index contributed by atoms with van der Waals surface area (Å²) >= 11 is 3.36. The SMILES string of the molecule is CCCOc1ccc(N/C(C)=C/C(=O)c2ccc(Br)cc2)cc1. The standard InChI is InChI=1S/C19H20BrNO2/c1-3-12-23-18-10-8-17(9-11-18)21-14(2)13-19(22)15-4-6-16(20)7-5-15/h4-11,13,21H,3,12H2,1-2H3/b14-13+. The fourth-order valence-electron chi connectivity index (χ4n) is 2.01. The first-order valence-electron chi connectivity index (χ1n) is 7.56. The molecule has 23 heavy (non-hydrogen) atoms. The second-order valence-corrected chi connectivity index (χ2v) is 6.11. The smallest absolute Gasteiger partial charge is 0.187 e. The molecule has 0 heterocycles. The Morgan fingerprint density at radius 2 is 1.78 bits per heavy atom. The number of ether oxygens (including phenoxy) is 1. The third-order valence-corrected chi connectivity index (χ3v) is 3.67. The van der Waals surface area contributed by atoms with Crippen LogP contribution in [-0.2, 0) is 0 Å². The lowest BCUT2D eigenvalue weighted by Gasteiger charge is -2.08. The van der Waals surface area contributed by atoms with Crippen LogP contribution >= 0.6 is 15.9 Å². The van der Waals surface area contributed by atoms with Crippen molar-refractivity contribution >= 4 is 27.4 Å². The number of ketones is 1. The molecule has 0 fully saturated rings. The van der Waals surface area contributed by atoms with E-state index >= 15 is 0 Å². The van der Waals surface area contributed by atoms with Crippen LogP contribution in [0.3, 0.4) is 0 Å². The summed E-state index contributed by atoms with van der Waals surface area (Å²) in [6.45, 7) is 4.66. The van der Waals surface area contributed by atoms with Crippen LogP contribution in [0, 0.1) is 0 Å². The van der Waals surface area contributed by atoms with Crippen LogP contribution in [0.4, 0.5) is 5.69 Å². The van der Waals surface area contributed by atoms with Gasteiger partial charge in [-0.15, -0.1) is 0 Å². The molecule has 0 saturated carbocycles. The number of carbonyl (C=O) groups excluding carboxylic acids is 1. The monoisotopic (exact) mass is 373 g/mol. The van der Waals surface area contributed by atoms with E-state index in [0.717, 1.165) is 28.0 Å². The van der Waals surface area contributed by atoms with E-state index in [1.165, 1.54) is 0 Å². The number of benzene rings is 2. The van der Waals surface area contributed by atoms with Gasteiger partial charge < -0.3 is 10.1 Å². The Hall–Kier alpha value is -2.07. The van der Waals surface area contributed by atoms with Crippen LogP contribution in [-0.4, -0.2) is 12.4 Å². The predicted octanol–water partition coefficient (Wildman–Crippen LogP) is 5.44. The zero-order valence-electron chi connectivity index (χ0n) is 13.3. The number of hydrogen-bond acceptors (Lipinski definition) is 3. The number of hydrogen-bond donors (Lipinski definition) is 1. The minimum atomic E-state index is -0.0228. The maximum atomic E-state index is 12.2. The molecule has 2 rings (SSSR count). The molecule has 4 heteroatoms. The Morgan fingerprint density at radius 1 is 1.13 bits per heavy atom. The third-order valence-electron chi connectivity index (χ3n) is 3.15. The molecule has 0 amide bonds. The molecule has 0 spiro atoms. The first kappa shape index (κ1) is 17.3. The van der Waals surface area contributed by atoms with Crippen molar-refractivity contribution in [3.8, 4) is 5.75 Å². The summed E-state index contributed by atoms with van der Waals surface area (Å²) in [5, 5.41) is 3.21. The minimum absolute atomic E-state index is 0.0228. The van der Waals surface area contributed by atoms with Crippen molar-refractivity contribution in [3.63, 3.8) is 0 Å². The number of rotatable bonds is 7. The van der Waals surface area contributed by atoms with Gasteiger partial charge in [0.15, 0.2) is 5.78 Å². The number of halogens is 1. The van der Waals surface area contributed by atoms with E-state index in [1.54, 1.807) is 18.2 Å². The van der Waals surface area contributed by atoms with Crippen LogP contribution < -0.4 is 10.1 Å². The molecule has 2 aromatic carbocycles. The van der Waals surface area contributed by atoms with E-state index in [2.05, 4.69) is 28.2 Å². The van der Waals surface area contributed by atoms with Gasteiger partial charge in [0.2, 0.25) is 0 Å². The summed E-state index contributed by atoms with van der Waals surface area (Å²) in [6, 6.07) is 15.0. The summed E-state index contributed by atoms with van der Waals surface area (Å²) in [7, 11) is 0. The third kappa shape index (κ3) is 5.57. The van der Waals surface area contributed by atoms with Crippen LogP contribution in [0.15, 0.2) is 64.8 Å². The van der Waals surface area contributed by atoms with Crippen molar-refractivity contribution in [2.45, 2.75) is 20.3 Å². The van der Waals surface area contributed by atoms with E-state index in [-0.39, 0.29) is 5.78 Å². The highest BCUT2D eigenvalue weighted by Crippen LogP contribution is 2.18. The van der Waals surface area contributed by atoms with Gasteiger partial charge in [-0.1, -0.05) is 22.9 Å². The lowest BCUT2D eigenvalue weighted by molar-refractivity contribution is 0.104. The second-order valence-electron chi connectivity index (χ2n) is 5.20. The van der Waals surface area contributed by atoms with Gasteiger partial charge in [-0.25, -0.2) is 0 Å². The molecule has 2 aromatic rings. The molecule has 0 atom stereocenters. The zero-order valence-corrected chi connectivity index (χ0v) is 14.9. The normalized spacial score (nSPS) is 11.2. The number of anilines is 1. The highest BCUT2D eigenvalue weighted by molar-refractivity contribution is 9.10. The van der Waals surface area contributed by atoms with E-state index in [9.17, 15) is 4.79 Å². The van der Waals surface area contributed by atoms with E-state index in [1.807, 2.05) is 43.3 Å². The maximum Gasteiger partial charge on any atom is 0.187 e. The summed E-state index contributed by atoms with van der Waals surface area (Å²) in [5.74, 6) is 0.829. The molecule has 0 bridgehead atoms. The average Bonchev–Trinajstić information content (AvgIpc) is 2.54. The Labute approximate surface area is 145 Å². The first-order valence-corrected chi connectivity index (χ1v) is 8.36. The minimum Gasteiger partial charge on any atom is -0.494 e. The maximum absolute atomic E-state index is 12.2. The summed E-state index contributed by atoms with van der Waals surface area (Å²) in [4.78, 5) is 12.2. The van der Waals surface area contributed by atoms with Crippen molar-refractivity contribution in [2.24, 2.45) is 0 Å². The molecule has 1 N–H and O–H groups in total. The van der Waals surface area contributed by atoms with Crippen molar-refractivity contribution in [2.75, 3.05) is 11.9 Å². The van der Waals surface area contributed by atoms with Gasteiger partial charge in [0.25, 0.3) is 0 Å². The van der Waals surface area contributed by atoms with Gasteiger partial charge in [-0.05, 0) is 61.9 Å². The fourth-order valence-corrected chi connectivity index (χ4v) is 2.28. The van der Waals surface area contributed by atoms with Gasteiger partial charge >= 0.3 is 0 Å². The van der Waals surface area contributed by atoms with Crippen molar-refractivity contribution in [1.82, 2.24) is 0 Å². The van der Waals surface area contributed by atoms with Gasteiger partial charge in [0, 0.05) is 27.5 Å². The summed E-state index contributed by atoms with van der Waals surface area (Å²) < 4.78 is 6.50. The lowest BCUT2D eigenvalue weighted by Crippen LogP contribution is -2.01. The molecular weight excluding hydrogens is 354 g/mol. The van der Waals surface area contributed by atoms with Crippen molar-refractivity contribution < 1.29 is 9.53 Å². The molecule has 0 unspecified atom stereocenters.